The summed E-state index contributed by atoms with van der Waals surface area (Å²) in [4.78, 5) is 0. The van der Waals surface area contributed by atoms with Gasteiger partial charge < -0.3 is 10.2 Å². The summed E-state index contributed by atoms with van der Waals surface area (Å²) in [5.41, 5.74) is 6.25. The molecule has 0 saturated carbocycles. The summed E-state index contributed by atoms with van der Waals surface area (Å²) in [5.74, 6) is 1.26. The minimum absolute atomic E-state index is 0.0662. The largest absolute Gasteiger partial charge is 0.396 e. The second kappa shape index (κ2) is 6.49. The fourth-order valence-corrected chi connectivity index (χ4v) is 6.55. The van der Waals surface area contributed by atoms with Crippen molar-refractivity contribution in [1.29, 1.82) is 0 Å². The van der Waals surface area contributed by atoms with Crippen LogP contribution in [-0.2, 0) is 12.8 Å². The Bertz CT molecular complexity index is 705. The molecule has 0 aromatic carbocycles. The Morgan fingerprint density at radius 1 is 1.23 bits per heavy atom. The number of H-pyrrole nitrogens is 1. The van der Waals surface area contributed by atoms with Gasteiger partial charge in [0.1, 0.15) is 0 Å². The van der Waals surface area contributed by atoms with E-state index in [1.165, 1.54) is 36.9 Å². The predicted molar refractivity (Wildman–Crippen MR) is 103 cm³/mol. The van der Waals surface area contributed by atoms with Crippen LogP contribution in [0.15, 0.2) is 17.3 Å². The summed E-state index contributed by atoms with van der Waals surface area (Å²) in [6.07, 6.45) is 9.55. The quantitative estimate of drug-likeness (QED) is 0.720. The van der Waals surface area contributed by atoms with Crippen LogP contribution in [0.4, 0.5) is 0 Å². The maximum absolute atomic E-state index is 10.2. The van der Waals surface area contributed by atoms with Crippen molar-refractivity contribution in [3.8, 4) is 0 Å². The van der Waals surface area contributed by atoms with Gasteiger partial charge in [0.2, 0.25) is 0 Å². The van der Waals surface area contributed by atoms with Crippen LogP contribution in [0.25, 0.3) is 0 Å². The van der Waals surface area contributed by atoms with Crippen molar-refractivity contribution in [2.45, 2.75) is 65.7 Å². The van der Waals surface area contributed by atoms with Crippen LogP contribution >= 0.6 is 0 Å². The van der Waals surface area contributed by atoms with Crippen molar-refractivity contribution < 1.29 is 10.2 Å². The van der Waals surface area contributed by atoms with Gasteiger partial charge in [0.15, 0.2) is 0 Å². The number of aliphatic hydroxyl groups is 2. The number of rotatable bonds is 4. The lowest BCUT2D eigenvalue weighted by molar-refractivity contribution is 0.00126. The topological polar surface area (TPSA) is 69.1 Å². The zero-order valence-electron chi connectivity index (χ0n) is 16.5. The van der Waals surface area contributed by atoms with Crippen LogP contribution in [0, 0.1) is 28.6 Å². The lowest BCUT2D eigenvalue weighted by atomic mass is 9.53. The molecule has 3 aliphatic carbocycles. The minimum atomic E-state index is 0.0662. The van der Waals surface area contributed by atoms with E-state index >= 15 is 0 Å². The molecule has 0 amide bonds. The van der Waals surface area contributed by atoms with E-state index < -0.39 is 0 Å². The van der Waals surface area contributed by atoms with Gasteiger partial charge in [0, 0.05) is 18.9 Å². The average Bonchev–Trinajstić information content (AvgIpc) is 3.18. The molecule has 3 aliphatic rings. The molecule has 0 radical (unpaired) electrons. The van der Waals surface area contributed by atoms with E-state index in [1.54, 1.807) is 11.1 Å². The van der Waals surface area contributed by atoms with Crippen molar-refractivity contribution in [2.75, 3.05) is 13.2 Å². The maximum atomic E-state index is 10.2. The molecule has 4 heteroatoms. The van der Waals surface area contributed by atoms with E-state index in [0.717, 1.165) is 19.3 Å². The second-order valence-corrected chi connectivity index (χ2v) is 9.79. The van der Waals surface area contributed by atoms with Gasteiger partial charge >= 0.3 is 0 Å². The molecular formula is C22H34N2O2. The average molecular weight is 359 g/mol. The molecule has 0 saturated heterocycles. The first-order chi connectivity index (χ1) is 12.4. The SMILES string of the molecule is CC1(C)CCC2=C1CC[C@H]([C@@]1(C)Cc3cn[nH]c3C[C@@H]1CO)[C@H]2CCO. The number of aromatic amines is 1. The molecule has 4 nitrogen and oxygen atoms in total. The Balaban J connectivity index is 1.72. The molecule has 1 aromatic rings. The molecule has 26 heavy (non-hydrogen) atoms. The first-order valence-electron chi connectivity index (χ1n) is 10.4. The van der Waals surface area contributed by atoms with Crippen LogP contribution in [0.2, 0.25) is 0 Å². The second-order valence-electron chi connectivity index (χ2n) is 9.79. The molecule has 144 valence electrons. The maximum Gasteiger partial charge on any atom is 0.0522 e. The molecule has 1 heterocycles. The van der Waals surface area contributed by atoms with E-state index in [1.807, 2.05) is 6.20 Å². The number of fused-ring (bicyclic) bond motifs is 1. The molecule has 1 aromatic heterocycles. The number of allylic oxidation sites excluding steroid dienone is 2. The highest BCUT2D eigenvalue weighted by atomic mass is 16.3. The molecule has 4 atom stereocenters. The van der Waals surface area contributed by atoms with Crippen LogP contribution in [0.3, 0.4) is 0 Å². The highest BCUT2D eigenvalue weighted by molar-refractivity contribution is 5.33. The van der Waals surface area contributed by atoms with E-state index in [0.29, 0.717) is 17.3 Å². The molecule has 0 aliphatic heterocycles. The van der Waals surface area contributed by atoms with Crippen LogP contribution in [0.5, 0.6) is 0 Å². The molecule has 0 fully saturated rings. The number of nitrogens with zero attached hydrogens (tertiary/aromatic N) is 1. The van der Waals surface area contributed by atoms with E-state index in [-0.39, 0.29) is 24.5 Å². The number of aliphatic hydroxyl groups excluding tert-OH is 2. The molecule has 4 rings (SSSR count). The Morgan fingerprint density at radius 2 is 2.04 bits per heavy atom. The van der Waals surface area contributed by atoms with Crippen molar-refractivity contribution in [1.82, 2.24) is 10.2 Å². The molecule has 0 unspecified atom stereocenters. The van der Waals surface area contributed by atoms with Gasteiger partial charge in [-0.15, -0.1) is 0 Å². The predicted octanol–water partition coefficient (Wildman–Crippen LogP) is 3.65. The lowest BCUT2D eigenvalue weighted by Crippen LogP contribution is -2.47. The van der Waals surface area contributed by atoms with Crippen LogP contribution in [0.1, 0.15) is 64.1 Å². The monoisotopic (exact) mass is 358 g/mol. The lowest BCUT2D eigenvalue weighted by Gasteiger charge is -2.51. The highest BCUT2D eigenvalue weighted by Gasteiger charge is 2.51. The zero-order chi connectivity index (χ0) is 18.5. The van der Waals surface area contributed by atoms with Gasteiger partial charge in [0.25, 0.3) is 0 Å². The fourth-order valence-electron chi connectivity index (χ4n) is 6.55. The summed E-state index contributed by atoms with van der Waals surface area (Å²) in [6.45, 7) is 7.67. The van der Waals surface area contributed by atoms with Crippen molar-refractivity contribution in [3.05, 3.63) is 28.6 Å². The van der Waals surface area contributed by atoms with E-state index in [2.05, 4.69) is 31.0 Å². The van der Waals surface area contributed by atoms with Crippen LogP contribution < -0.4 is 0 Å². The van der Waals surface area contributed by atoms with Gasteiger partial charge in [-0.2, -0.15) is 5.10 Å². The molecule has 3 N–H and O–H groups in total. The minimum Gasteiger partial charge on any atom is -0.396 e. The van der Waals surface area contributed by atoms with Gasteiger partial charge in [-0.1, -0.05) is 31.9 Å². The van der Waals surface area contributed by atoms with Crippen LogP contribution in [-0.4, -0.2) is 33.6 Å². The molecular weight excluding hydrogens is 324 g/mol. The standard InChI is InChI=1S/C22H34N2O2/c1-21(2)8-6-16-17(7-9-25)19(5-4-18(16)21)22(3)11-14-12-23-24-20(14)10-15(22)13-26/h12,15,17,19,25-26H,4-11,13H2,1-3H3,(H,23,24)/t15-,17+,19+,22+/m1/s1. The zero-order valence-corrected chi connectivity index (χ0v) is 16.5. The Kier molecular flexibility index (Phi) is 4.55. The number of nitrogens with one attached hydrogen (secondary N) is 1. The third-order valence-electron chi connectivity index (χ3n) is 8.13. The molecule has 0 bridgehead atoms. The first-order valence-corrected chi connectivity index (χ1v) is 10.4. The third-order valence-corrected chi connectivity index (χ3v) is 8.13. The van der Waals surface area contributed by atoms with Gasteiger partial charge in [-0.05, 0) is 79.1 Å². The third kappa shape index (κ3) is 2.68. The normalized spacial score (nSPS) is 36.1. The molecule has 0 spiro atoms. The number of hydrogen-bond acceptors (Lipinski definition) is 3. The van der Waals surface area contributed by atoms with Crippen molar-refractivity contribution in [3.63, 3.8) is 0 Å². The van der Waals surface area contributed by atoms with Crippen molar-refractivity contribution >= 4 is 0 Å². The highest BCUT2D eigenvalue weighted by Crippen LogP contribution is 2.59. The summed E-state index contributed by atoms with van der Waals surface area (Å²) in [6, 6.07) is 0. The summed E-state index contributed by atoms with van der Waals surface area (Å²) >= 11 is 0. The Labute approximate surface area is 157 Å². The van der Waals surface area contributed by atoms with E-state index in [9.17, 15) is 10.2 Å². The summed E-state index contributed by atoms with van der Waals surface area (Å²) in [7, 11) is 0. The Morgan fingerprint density at radius 3 is 2.77 bits per heavy atom. The number of aromatic nitrogens is 2. The summed E-state index contributed by atoms with van der Waals surface area (Å²) in [5, 5.41) is 27.4. The Hall–Kier alpha value is -1.13. The van der Waals surface area contributed by atoms with Gasteiger partial charge in [-0.25, -0.2) is 0 Å². The van der Waals surface area contributed by atoms with Crippen molar-refractivity contribution in [2.24, 2.45) is 28.6 Å². The first kappa shape index (κ1) is 18.2. The summed E-state index contributed by atoms with van der Waals surface area (Å²) < 4.78 is 0. The van der Waals surface area contributed by atoms with Gasteiger partial charge in [-0.3, -0.25) is 5.10 Å². The smallest absolute Gasteiger partial charge is 0.0522 e. The van der Waals surface area contributed by atoms with E-state index in [4.69, 9.17) is 0 Å². The fraction of sp³-hybridized carbons (Fsp3) is 0.773. The number of hydrogen-bond donors (Lipinski definition) is 3. The van der Waals surface area contributed by atoms with Gasteiger partial charge in [0.05, 0.1) is 6.20 Å².